The van der Waals surface area contributed by atoms with E-state index < -0.39 is 0 Å². The lowest BCUT2D eigenvalue weighted by Gasteiger charge is -2.18. The number of aryl methyl sites for hydroxylation is 1. The van der Waals surface area contributed by atoms with Gasteiger partial charge in [-0.3, -0.25) is 4.79 Å². The molecule has 176 valence electrons. The maximum atomic E-state index is 12.7. The molecule has 0 bridgehead atoms. The van der Waals surface area contributed by atoms with Crippen LogP contribution in [0.15, 0.2) is 48.5 Å². The second-order valence-corrected chi connectivity index (χ2v) is 10.1. The summed E-state index contributed by atoms with van der Waals surface area (Å²) in [6, 6.07) is 15.5. The zero-order valence-electron chi connectivity index (χ0n) is 20.1. The SMILES string of the molecule is Cn1c(CNCC(C)(C)C)cc2cc(NC(=O)c3ccc(OC[C@@H]4CCCO4)cc3)ccc21. The normalized spacial score (nSPS) is 16.3. The third-order valence-corrected chi connectivity index (χ3v) is 5.94. The molecule has 0 radical (unpaired) electrons. The Morgan fingerprint density at radius 2 is 1.94 bits per heavy atom. The van der Waals surface area contributed by atoms with E-state index in [1.165, 1.54) is 5.69 Å². The first-order chi connectivity index (χ1) is 15.8. The summed E-state index contributed by atoms with van der Waals surface area (Å²) in [5, 5.41) is 7.66. The number of carbonyl (C=O) groups is 1. The highest BCUT2D eigenvalue weighted by molar-refractivity contribution is 6.05. The molecular formula is C27H35N3O3. The van der Waals surface area contributed by atoms with Gasteiger partial charge >= 0.3 is 0 Å². The molecule has 4 rings (SSSR count). The lowest BCUT2D eigenvalue weighted by molar-refractivity contribution is 0.0679. The molecule has 1 saturated heterocycles. The molecule has 3 aromatic rings. The number of benzene rings is 2. The van der Waals surface area contributed by atoms with Crippen molar-refractivity contribution in [3.63, 3.8) is 0 Å². The fourth-order valence-corrected chi connectivity index (χ4v) is 4.09. The molecule has 1 aliphatic heterocycles. The number of rotatable bonds is 8. The van der Waals surface area contributed by atoms with Gasteiger partial charge in [-0.05, 0) is 66.8 Å². The Balaban J connectivity index is 1.37. The van der Waals surface area contributed by atoms with Gasteiger partial charge in [0, 0.05) is 54.6 Å². The van der Waals surface area contributed by atoms with Gasteiger partial charge in [0.2, 0.25) is 0 Å². The van der Waals surface area contributed by atoms with E-state index in [-0.39, 0.29) is 17.4 Å². The molecular weight excluding hydrogens is 414 g/mol. The van der Waals surface area contributed by atoms with Crippen molar-refractivity contribution in [2.45, 2.75) is 46.3 Å². The predicted octanol–water partition coefficient (Wildman–Crippen LogP) is 5.12. The molecule has 33 heavy (non-hydrogen) atoms. The number of hydrogen-bond donors (Lipinski definition) is 2. The number of fused-ring (bicyclic) bond motifs is 1. The summed E-state index contributed by atoms with van der Waals surface area (Å²) in [4.78, 5) is 12.7. The Morgan fingerprint density at radius 3 is 2.64 bits per heavy atom. The Bertz CT molecular complexity index is 1090. The first-order valence-corrected chi connectivity index (χ1v) is 11.7. The maximum absolute atomic E-state index is 12.7. The maximum Gasteiger partial charge on any atom is 0.255 e. The molecule has 0 spiro atoms. The average Bonchev–Trinajstić information content (AvgIpc) is 3.40. The molecule has 0 unspecified atom stereocenters. The van der Waals surface area contributed by atoms with Crippen LogP contribution in [0.1, 0.15) is 49.7 Å². The fraction of sp³-hybridized carbons (Fsp3) is 0.444. The molecule has 1 aliphatic rings. The van der Waals surface area contributed by atoms with E-state index in [9.17, 15) is 4.79 Å². The largest absolute Gasteiger partial charge is 0.491 e. The highest BCUT2D eigenvalue weighted by Gasteiger charge is 2.16. The van der Waals surface area contributed by atoms with Crippen LogP contribution in [-0.4, -0.2) is 36.3 Å². The van der Waals surface area contributed by atoms with E-state index in [4.69, 9.17) is 9.47 Å². The van der Waals surface area contributed by atoms with E-state index in [1.54, 1.807) is 12.1 Å². The summed E-state index contributed by atoms with van der Waals surface area (Å²) in [5.74, 6) is 0.614. The van der Waals surface area contributed by atoms with Gasteiger partial charge in [-0.1, -0.05) is 20.8 Å². The number of aromatic nitrogens is 1. The van der Waals surface area contributed by atoms with E-state index in [0.29, 0.717) is 12.2 Å². The summed E-state index contributed by atoms with van der Waals surface area (Å²) < 4.78 is 13.6. The van der Waals surface area contributed by atoms with Crippen LogP contribution in [0.2, 0.25) is 0 Å². The quantitative estimate of drug-likeness (QED) is 0.501. The minimum Gasteiger partial charge on any atom is -0.491 e. The van der Waals surface area contributed by atoms with E-state index in [0.717, 1.165) is 54.9 Å². The monoisotopic (exact) mass is 449 g/mol. The van der Waals surface area contributed by atoms with Gasteiger partial charge in [0.1, 0.15) is 12.4 Å². The Kier molecular flexibility index (Phi) is 7.05. The smallest absolute Gasteiger partial charge is 0.255 e. The minimum atomic E-state index is -0.136. The lowest BCUT2D eigenvalue weighted by atomic mass is 9.97. The molecule has 1 amide bonds. The van der Waals surface area contributed by atoms with Gasteiger partial charge in [0.25, 0.3) is 5.91 Å². The van der Waals surface area contributed by atoms with Crippen LogP contribution in [0, 0.1) is 5.41 Å². The van der Waals surface area contributed by atoms with Crippen LogP contribution in [0.4, 0.5) is 5.69 Å². The third-order valence-electron chi connectivity index (χ3n) is 5.94. The fourth-order valence-electron chi connectivity index (χ4n) is 4.09. The zero-order valence-corrected chi connectivity index (χ0v) is 20.1. The number of ether oxygens (including phenoxy) is 2. The van der Waals surface area contributed by atoms with Crippen LogP contribution >= 0.6 is 0 Å². The van der Waals surface area contributed by atoms with Crippen LogP contribution in [0.3, 0.4) is 0 Å². The van der Waals surface area contributed by atoms with Crippen molar-refractivity contribution in [2.24, 2.45) is 12.5 Å². The van der Waals surface area contributed by atoms with Crippen molar-refractivity contribution < 1.29 is 14.3 Å². The number of hydrogen-bond acceptors (Lipinski definition) is 4. The first-order valence-electron chi connectivity index (χ1n) is 11.7. The second kappa shape index (κ2) is 9.98. The average molecular weight is 450 g/mol. The van der Waals surface area contributed by atoms with Gasteiger partial charge in [-0.2, -0.15) is 0 Å². The van der Waals surface area contributed by atoms with Crippen molar-refractivity contribution in [1.29, 1.82) is 0 Å². The predicted molar refractivity (Wildman–Crippen MR) is 133 cm³/mol. The summed E-state index contributed by atoms with van der Waals surface area (Å²) in [6.45, 7) is 9.81. The van der Waals surface area contributed by atoms with Crippen molar-refractivity contribution in [1.82, 2.24) is 9.88 Å². The standard InChI is InChI=1S/C27H35N3O3/c1-27(2,3)18-28-16-22-15-20-14-21(9-12-25(20)30(22)4)29-26(31)19-7-10-23(11-8-19)33-17-24-6-5-13-32-24/h7-12,14-15,24,28H,5-6,13,16-18H2,1-4H3,(H,29,31)/t24-/m0/s1. The summed E-state index contributed by atoms with van der Waals surface area (Å²) in [6.07, 6.45) is 2.31. The number of nitrogens with one attached hydrogen (secondary N) is 2. The zero-order chi connectivity index (χ0) is 23.4. The van der Waals surface area contributed by atoms with Crippen molar-refractivity contribution in [3.05, 3.63) is 59.8 Å². The molecule has 1 aromatic heterocycles. The molecule has 2 heterocycles. The minimum absolute atomic E-state index is 0.136. The molecule has 1 atom stereocenters. The number of nitrogens with zero attached hydrogens (tertiary/aromatic N) is 1. The van der Waals surface area contributed by atoms with Gasteiger partial charge < -0.3 is 24.7 Å². The lowest BCUT2D eigenvalue weighted by Crippen LogP contribution is -2.27. The number of amides is 1. The molecule has 6 heteroatoms. The van der Waals surface area contributed by atoms with Gasteiger partial charge in [0.05, 0.1) is 6.10 Å². The first kappa shape index (κ1) is 23.3. The van der Waals surface area contributed by atoms with E-state index in [2.05, 4.69) is 55.2 Å². The Labute approximate surface area is 196 Å². The highest BCUT2D eigenvalue weighted by Crippen LogP contribution is 2.24. The second-order valence-electron chi connectivity index (χ2n) is 10.1. The molecule has 1 fully saturated rings. The molecule has 6 nitrogen and oxygen atoms in total. The molecule has 2 N–H and O–H groups in total. The molecule has 0 aliphatic carbocycles. The van der Waals surface area contributed by atoms with Gasteiger partial charge in [-0.15, -0.1) is 0 Å². The van der Waals surface area contributed by atoms with Crippen molar-refractivity contribution >= 4 is 22.5 Å². The summed E-state index contributed by atoms with van der Waals surface area (Å²) >= 11 is 0. The topological polar surface area (TPSA) is 64.5 Å². The van der Waals surface area contributed by atoms with Gasteiger partial charge in [0.15, 0.2) is 0 Å². The number of anilines is 1. The highest BCUT2D eigenvalue weighted by atomic mass is 16.5. The van der Waals surface area contributed by atoms with Crippen LogP contribution in [0.5, 0.6) is 5.75 Å². The van der Waals surface area contributed by atoms with Crippen molar-refractivity contribution in [2.75, 3.05) is 25.1 Å². The van der Waals surface area contributed by atoms with Crippen molar-refractivity contribution in [3.8, 4) is 5.75 Å². The summed E-state index contributed by atoms with van der Waals surface area (Å²) in [5.41, 5.74) is 3.99. The Hall–Kier alpha value is -2.83. The third kappa shape index (κ3) is 6.15. The van der Waals surface area contributed by atoms with E-state index in [1.807, 2.05) is 24.3 Å². The Morgan fingerprint density at radius 1 is 1.15 bits per heavy atom. The molecule has 0 saturated carbocycles. The van der Waals surface area contributed by atoms with Crippen LogP contribution in [-0.2, 0) is 18.3 Å². The van der Waals surface area contributed by atoms with Crippen LogP contribution in [0.25, 0.3) is 10.9 Å². The molecule has 2 aromatic carbocycles. The summed E-state index contributed by atoms with van der Waals surface area (Å²) in [7, 11) is 2.08. The van der Waals surface area contributed by atoms with Crippen LogP contribution < -0.4 is 15.4 Å². The van der Waals surface area contributed by atoms with E-state index >= 15 is 0 Å². The number of carbonyl (C=O) groups excluding carboxylic acids is 1. The van der Waals surface area contributed by atoms with Gasteiger partial charge in [-0.25, -0.2) is 0 Å².